The molecule has 0 saturated carbocycles. The number of hydrogen-bond acceptors (Lipinski definition) is 1. The van der Waals surface area contributed by atoms with Crippen LogP contribution in [0.15, 0.2) is 24.3 Å². The van der Waals surface area contributed by atoms with Gasteiger partial charge in [0.15, 0.2) is 0 Å². The van der Waals surface area contributed by atoms with Crippen molar-refractivity contribution in [3.63, 3.8) is 0 Å². The van der Waals surface area contributed by atoms with E-state index in [1.54, 1.807) is 6.07 Å². The van der Waals surface area contributed by atoms with Crippen LogP contribution in [0.2, 0.25) is 0 Å². The molecule has 0 radical (unpaired) electrons. The summed E-state index contributed by atoms with van der Waals surface area (Å²) in [5, 5.41) is 0. The average Bonchev–Trinajstić information content (AvgIpc) is 2.65. The first-order valence-corrected chi connectivity index (χ1v) is 11.5. The Morgan fingerprint density at radius 2 is 1.48 bits per heavy atom. The van der Waals surface area contributed by atoms with Gasteiger partial charge in [-0.25, -0.2) is 0 Å². The Balaban J connectivity index is 2.48. The molecule has 0 aliphatic heterocycles. The highest BCUT2D eigenvalue weighted by atomic mass is 19.4. The second-order valence-electron chi connectivity index (χ2n) is 8.73. The Hall–Kier alpha value is -1.03. The maximum Gasteiger partial charge on any atom is 0.416 e. The minimum Gasteiger partial charge on any atom is -0.376 e. The van der Waals surface area contributed by atoms with Gasteiger partial charge in [-0.2, -0.15) is 13.2 Å². The van der Waals surface area contributed by atoms with Crippen molar-refractivity contribution >= 4 is 0 Å². The van der Waals surface area contributed by atoms with Crippen molar-refractivity contribution in [2.24, 2.45) is 5.92 Å². The van der Waals surface area contributed by atoms with Crippen LogP contribution in [0.1, 0.15) is 103 Å². The zero-order valence-corrected chi connectivity index (χ0v) is 18.9. The number of ether oxygens (including phenoxy) is 1. The topological polar surface area (TPSA) is 9.23 Å². The first-order chi connectivity index (χ1) is 13.7. The molecule has 0 aliphatic rings. The van der Waals surface area contributed by atoms with E-state index < -0.39 is 11.7 Å². The molecule has 0 fully saturated rings. The minimum atomic E-state index is -4.26. The molecular weight excluding hydrogens is 373 g/mol. The Morgan fingerprint density at radius 1 is 0.862 bits per heavy atom. The maximum atomic E-state index is 12.9. The molecule has 0 spiro atoms. The summed E-state index contributed by atoms with van der Waals surface area (Å²) in [6, 6.07) is 5.74. The first kappa shape index (κ1) is 26.0. The Kier molecular flexibility index (Phi) is 11.9. The normalized spacial score (nSPS) is 13.6. The average molecular weight is 415 g/mol. The number of aryl methyl sites for hydroxylation is 1. The minimum absolute atomic E-state index is 0.144. The van der Waals surface area contributed by atoms with E-state index in [9.17, 15) is 13.2 Å². The van der Waals surface area contributed by atoms with E-state index in [0.29, 0.717) is 18.9 Å². The van der Waals surface area contributed by atoms with E-state index in [-0.39, 0.29) is 5.60 Å². The van der Waals surface area contributed by atoms with Crippen LogP contribution in [0.3, 0.4) is 0 Å². The molecule has 29 heavy (non-hydrogen) atoms. The number of alkyl halides is 3. The summed E-state index contributed by atoms with van der Waals surface area (Å²) in [5.41, 5.74) is 0.0822. The van der Waals surface area contributed by atoms with Crippen molar-refractivity contribution in [3.05, 3.63) is 35.4 Å². The van der Waals surface area contributed by atoms with Crippen LogP contribution in [-0.2, 0) is 17.3 Å². The third-order valence-corrected chi connectivity index (χ3v) is 5.93. The molecule has 1 aromatic carbocycles. The molecule has 1 nitrogen and oxygen atoms in total. The van der Waals surface area contributed by atoms with Gasteiger partial charge in [0, 0.05) is 6.61 Å². The van der Waals surface area contributed by atoms with Gasteiger partial charge in [0.1, 0.15) is 0 Å². The van der Waals surface area contributed by atoms with Crippen molar-refractivity contribution in [2.45, 2.75) is 110 Å². The highest BCUT2D eigenvalue weighted by molar-refractivity contribution is 5.25. The van der Waals surface area contributed by atoms with Gasteiger partial charge < -0.3 is 4.74 Å². The van der Waals surface area contributed by atoms with Crippen LogP contribution in [0.4, 0.5) is 13.2 Å². The van der Waals surface area contributed by atoms with E-state index in [1.807, 2.05) is 6.92 Å². The van der Waals surface area contributed by atoms with Gasteiger partial charge in [0.2, 0.25) is 0 Å². The van der Waals surface area contributed by atoms with E-state index >= 15 is 0 Å². The largest absolute Gasteiger partial charge is 0.416 e. The SMILES string of the molecule is CCCCCCCCC(CCCCc1cccc(C(F)(F)F)c1)C(C)(C)OCC. The summed E-state index contributed by atoms with van der Waals surface area (Å²) in [6.07, 6.45) is 8.35. The zero-order valence-electron chi connectivity index (χ0n) is 18.9. The van der Waals surface area contributed by atoms with Crippen molar-refractivity contribution in [3.8, 4) is 0 Å². The molecule has 1 unspecified atom stereocenters. The number of hydrogen-bond donors (Lipinski definition) is 0. The Morgan fingerprint density at radius 3 is 2.10 bits per heavy atom. The maximum absolute atomic E-state index is 12.9. The van der Waals surface area contributed by atoms with Crippen LogP contribution in [0.25, 0.3) is 0 Å². The summed E-state index contributed by atoms with van der Waals surface area (Å²) < 4.78 is 44.6. The summed E-state index contributed by atoms with van der Waals surface area (Å²) >= 11 is 0. The monoisotopic (exact) mass is 414 g/mol. The Bertz CT molecular complexity index is 551. The van der Waals surface area contributed by atoms with Crippen molar-refractivity contribution in [1.29, 1.82) is 0 Å². The number of benzene rings is 1. The summed E-state index contributed by atoms with van der Waals surface area (Å²) in [5.74, 6) is 0.495. The van der Waals surface area contributed by atoms with E-state index in [4.69, 9.17) is 4.74 Å². The highest BCUT2D eigenvalue weighted by Gasteiger charge is 2.30. The molecule has 0 aliphatic carbocycles. The molecule has 1 aromatic rings. The van der Waals surface area contributed by atoms with Crippen LogP contribution in [0, 0.1) is 5.92 Å². The molecule has 168 valence electrons. The van der Waals surface area contributed by atoms with Crippen molar-refractivity contribution in [1.82, 2.24) is 0 Å². The quantitative estimate of drug-likeness (QED) is 0.261. The van der Waals surface area contributed by atoms with E-state index in [2.05, 4.69) is 20.8 Å². The first-order valence-electron chi connectivity index (χ1n) is 11.5. The van der Waals surface area contributed by atoms with E-state index in [1.165, 1.54) is 57.1 Å². The number of rotatable bonds is 15. The fourth-order valence-corrected chi connectivity index (χ4v) is 4.12. The predicted molar refractivity (Wildman–Crippen MR) is 116 cm³/mol. The van der Waals surface area contributed by atoms with Gasteiger partial charge >= 0.3 is 6.18 Å². The third-order valence-electron chi connectivity index (χ3n) is 5.93. The Labute approximate surface area is 176 Å². The molecular formula is C25H41F3O. The number of halogens is 3. The molecule has 0 N–H and O–H groups in total. The lowest BCUT2D eigenvalue weighted by Gasteiger charge is -2.34. The lowest BCUT2D eigenvalue weighted by atomic mass is 9.82. The molecule has 0 bridgehead atoms. The smallest absolute Gasteiger partial charge is 0.376 e. The second kappa shape index (κ2) is 13.3. The summed E-state index contributed by atoms with van der Waals surface area (Å²) in [7, 11) is 0. The summed E-state index contributed by atoms with van der Waals surface area (Å²) in [6.45, 7) is 9.36. The molecule has 4 heteroatoms. The van der Waals surface area contributed by atoms with Gasteiger partial charge in [0.25, 0.3) is 0 Å². The van der Waals surface area contributed by atoms with Crippen molar-refractivity contribution in [2.75, 3.05) is 6.61 Å². The highest BCUT2D eigenvalue weighted by Crippen LogP contribution is 2.32. The number of unbranched alkanes of at least 4 members (excludes halogenated alkanes) is 6. The van der Waals surface area contributed by atoms with Gasteiger partial charge in [-0.05, 0) is 64.0 Å². The fraction of sp³-hybridized carbons (Fsp3) is 0.760. The van der Waals surface area contributed by atoms with Gasteiger partial charge in [-0.15, -0.1) is 0 Å². The molecule has 0 heterocycles. The molecule has 1 atom stereocenters. The zero-order chi connectivity index (χ0) is 21.8. The van der Waals surface area contributed by atoms with Crippen LogP contribution in [-0.4, -0.2) is 12.2 Å². The fourth-order valence-electron chi connectivity index (χ4n) is 4.12. The van der Waals surface area contributed by atoms with Gasteiger partial charge in [0.05, 0.1) is 11.2 Å². The van der Waals surface area contributed by atoms with Gasteiger partial charge in [-0.1, -0.05) is 70.1 Å². The van der Waals surface area contributed by atoms with E-state index in [0.717, 1.165) is 30.9 Å². The molecule has 1 rings (SSSR count). The molecule has 0 amide bonds. The van der Waals surface area contributed by atoms with Crippen LogP contribution >= 0.6 is 0 Å². The lowest BCUT2D eigenvalue weighted by Crippen LogP contribution is -2.34. The lowest BCUT2D eigenvalue weighted by molar-refractivity contribution is -0.137. The molecule has 0 saturated heterocycles. The third kappa shape index (κ3) is 10.5. The summed E-state index contributed by atoms with van der Waals surface area (Å²) in [4.78, 5) is 0. The second-order valence-corrected chi connectivity index (χ2v) is 8.73. The van der Waals surface area contributed by atoms with Gasteiger partial charge in [-0.3, -0.25) is 0 Å². The van der Waals surface area contributed by atoms with Crippen LogP contribution in [0.5, 0.6) is 0 Å². The standard InChI is InChI=1S/C25H41F3O/c1-5-7-8-9-10-11-17-22(24(3,4)29-6-2)18-13-12-15-21-16-14-19-23(20-21)25(26,27)28/h14,16,19-20,22H,5-13,15,17-18H2,1-4H3. The predicted octanol–water partition coefficient (Wildman–Crippen LogP) is 8.60. The van der Waals surface area contributed by atoms with Crippen LogP contribution < -0.4 is 0 Å². The molecule has 0 aromatic heterocycles. The van der Waals surface area contributed by atoms with Crippen molar-refractivity contribution < 1.29 is 17.9 Å².